The molecule has 0 fully saturated rings. The lowest BCUT2D eigenvalue weighted by atomic mass is 10.2. The lowest BCUT2D eigenvalue weighted by molar-refractivity contribution is 0.355. The molecule has 0 unspecified atom stereocenters. The molecule has 1 aromatic rings. The van der Waals surface area contributed by atoms with Crippen molar-refractivity contribution in [2.75, 3.05) is 0 Å². The Hall–Kier alpha value is -1.24. The van der Waals surface area contributed by atoms with Gasteiger partial charge in [-0.1, -0.05) is 24.8 Å². The van der Waals surface area contributed by atoms with Crippen molar-refractivity contribution in [3.05, 3.63) is 36.4 Å². The molecule has 9 heavy (non-hydrogen) atoms. The Labute approximate surface area is 54.3 Å². The molecular weight excluding hydrogens is 112 g/mol. The topological polar surface area (TPSA) is 19.9 Å². The summed E-state index contributed by atoms with van der Waals surface area (Å²) in [7, 11) is 0. The van der Waals surface area contributed by atoms with Crippen molar-refractivity contribution >= 4 is 6.08 Å². The standard InChI is InChI=1S/C8H7O/c1-2-7-4-3-5-8(9)6-7/h2-6H,1H2. The van der Waals surface area contributed by atoms with E-state index in [1.165, 1.54) is 6.07 Å². The molecule has 45 valence electrons. The number of benzene rings is 1. The zero-order chi connectivity index (χ0) is 6.69. The van der Waals surface area contributed by atoms with Gasteiger partial charge in [0.15, 0.2) is 5.75 Å². The molecule has 0 saturated heterocycles. The minimum absolute atomic E-state index is 0.0346. The second-order valence-electron chi connectivity index (χ2n) is 1.78. The minimum Gasteiger partial charge on any atom is -0.290 e. The normalized spacial score (nSPS) is 8.89. The summed E-state index contributed by atoms with van der Waals surface area (Å²) in [5, 5.41) is 10.6. The van der Waals surface area contributed by atoms with Crippen molar-refractivity contribution in [1.82, 2.24) is 0 Å². The van der Waals surface area contributed by atoms with Crippen LogP contribution in [0.5, 0.6) is 5.75 Å². The zero-order valence-corrected chi connectivity index (χ0v) is 5.00. The third kappa shape index (κ3) is 1.32. The van der Waals surface area contributed by atoms with E-state index < -0.39 is 0 Å². The van der Waals surface area contributed by atoms with Crippen molar-refractivity contribution in [2.45, 2.75) is 0 Å². The fraction of sp³-hybridized carbons (Fsp3) is 0. The quantitative estimate of drug-likeness (QED) is 0.541. The molecule has 0 aromatic heterocycles. The zero-order valence-electron chi connectivity index (χ0n) is 5.00. The van der Waals surface area contributed by atoms with Crippen LogP contribution in [-0.4, -0.2) is 0 Å². The Morgan fingerprint density at radius 3 is 2.67 bits per heavy atom. The average molecular weight is 119 g/mol. The Morgan fingerprint density at radius 2 is 2.22 bits per heavy atom. The molecule has 0 aliphatic rings. The van der Waals surface area contributed by atoms with Crippen molar-refractivity contribution in [1.29, 1.82) is 0 Å². The first-order chi connectivity index (χ1) is 4.33. The lowest BCUT2D eigenvalue weighted by Gasteiger charge is -1.88. The molecular formula is C8H7O. The Kier molecular flexibility index (Phi) is 1.54. The molecule has 0 atom stereocenters. The monoisotopic (exact) mass is 119 g/mol. The van der Waals surface area contributed by atoms with E-state index in [0.717, 1.165) is 5.56 Å². The van der Waals surface area contributed by atoms with E-state index in [0.29, 0.717) is 0 Å². The van der Waals surface area contributed by atoms with Crippen LogP contribution in [0.15, 0.2) is 30.8 Å². The van der Waals surface area contributed by atoms with Gasteiger partial charge in [-0.2, -0.15) is 0 Å². The van der Waals surface area contributed by atoms with Gasteiger partial charge in [0.25, 0.3) is 0 Å². The predicted molar refractivity (Wildman–Crippen MR) is 36.7 cm³/mol. The van der Waals surface area contributed by atoms with Crippen LogP contribution in [0.3, 0.4) is 0 Å². The van der Waals surface area contributed by atoms with Crippen LogP contribution in [0, 0.1) is 0 Å². The molecule has 0 spiro atoms. The first-order valence-electron chi connectivity index (χ1n) is 2.72. The SMILES string of the molecule is C=Cc1cccc([O])c1. The minimum atomic E-state index is 0.0346. The van der Waals surface area contributed by atoms with E-state index in [9.17, 15) is 5.11 Å². The molecule has 0 amide bonds. The van der Waals surface area contributed by atoms with E-state index in [2.05, 4.69) is 6.58 Å². The van der Waals surface area contributed by atoms with E-state index in [1.54, 1.807) is 18.2 Å². The summed E-state index contributed by atoms with van der Waals surface area (Å²) in [4.78, 5) is 0. The van der Waals surface area contributed by atoms with Gasteiger partial charge < -0.3 is 0 Å². The number of hydrogen-bond acceptors (Lipinski definition) is 0. The van der Waals surface area contributed by atoms with E-state index in [4.69, 9.17) is 0 Å². The van der Waals surface area contributed by atoms with Gasteiger partial charge in [0.1, 0.15) is 0 Å². The summed E-state index contributed by atoms with van der Waals surface area (Å²) < 4.78 is 0. The van der Waals surface area contributed by atoms with E-state index in [1.807, 2.05) is 6.07 Å². The van der Waals surface area contributed by atoms with Crippen molar-refractivity contribution in [3.63, 3.8) is 0 Å². The second-order valence-corrected chi connectivity index (χ2v) is 1.78. The van der Waals surface area contributed by atoms with Crippen LogP contribution in [0.4, 0.5) is 0 Å². The average Bonchev–Trinajstić information content (AvgIpc) is 1.88. The number of rotatable bonds is 1. The lowest BCUT2D eigenvalue weighted by Crippen LogP contribution is -1.66. The highest BCUT2D eigenvalue weighted by molar-refractivity contribution is 5.48. The highest BCUT2D eigenvalue weighted by Gasteiger charge is 1.87. The van der Waals surface area contributed by atoms with E-state index in [-0.39, 0.29) is 5.75 Å². The first kappa shape index (κ1) is 5.89. The van der Waals surface area contributed by atoms with Crippen LogP contribution in [0.2, 0.25) is 0 Å². The van der Waals surface area contributed by atoms with Crippen molar-refractivity contribution < 1.29 is 5.11 Å². The third-order valence-electron chi connectivity index (χ3n) is 1.09. The highest BCUT2D eigenvalue weighted by atomic mass is 16.3. The van der Waals surface area contributed by atoms with Gasteiger partial charge in [-0.3, -0.25) is 5.11 Å². The molecule has 0 aliphatic heterocycles. The maximum atomic E-state index is 10.6. The molecule has 0 saturated carbocycles. The van der Waals surface area contributed by atoms with Gasteiger partial charge in [0.05, 0.1) is 0 Å². The fourth-order valence-electron chi connectivity index (χ4n) is 0.642. The van der Waals surface area contributed by atoms with Crippen LogP contribution in [0.25, 0.3) is 6.08 Å². The summed E-state index contributed by atoms with van der Waals surface area (Å²) in [6, 6.07) is 6.63. The molecule has 0 aliphatic carbocycles. The van der Waals surface area contributed by atoms with Gasteiger partial charge in [-0.25, -0.2) is 0 Å². The number of hydrogen-bond donors (Lipinski definition) is 0. The summed E-state index contributed by atoms with van der Waals surface area (Å²) in [5.41, 5.74) is 0.877. The fourth-order valence-corrected chi connectivity index (χ4v) is 0.642. The van der Waals surface area contributed by atoms with Crippen molar-refractivity contribution in [2.24, 2.45) is 0 Å². The molecule has 1 aromatic carbocycles. The highest BCUT2D eigenvalue weighted by Crippen LogP contribution is 2.11. The molecule has 0 N–H and O–H groups in total. The maximum absolute atomic E-state index is 10.6. The van der Waals surface area contributed by atoms with Crippen LogP contribution in [0.1, 0.15) is 5.56 Å². The van der Waals surface area contributed by atoms with Gasteiger partial charge in [0, 0.05) is 0 Å². The Balaban J connectivity index is 3.07. The molecule has 1 radical (unpaired) electrons. The summed E-state index contributed by atoms with van der Waals surface area (Å²) >= 11 is 0. The third-order valence-corrected chi connectivity index (χ3v) is 1.09. The summed E-state index contributed by atoms with van der Waals surface area (Å²) in [6.45, 7) is 3.53. The first-order valence-corrected chi connectivity index (χ1v) is 2.72. The van der Waals surface area contributed by atoms with Crippen molar-refractivity contribution in [3.8, 4) is 5.75 Å². The maximum Gasteiger partial charge on any atom is 0.179 e. The van der Waals surface area contributed by atoms with Gasteiger partial charge in [-0.05, 0) is 17.7 Å². The second kappa shape index (κ2) is 2.35. The molecule has 1 nitrogen and oxygen atoms in total. The van der Waals surface area contributed by atoms with Gasteiger partial charge in [0.2, 0.25) is 0 Å². The summed E-state index contributed by atoms with van der Waals surface area (Å²) in [6.07, 6.45) is 1.65. The van der Waals surface area contributed by atoms with Gasteiger partial charge >= 0.3 is 0 Å². The molecule has 1 heteroatoms. The Bertz CT molecular complexity index is 216. The molecule has 0 bridgehead atoms. The molecule has 1 rings (SSSR count). The van der Waals surface area contributed by atoms with Crippen LogP contribution in [-0.2, 0) is 5.11 Å². The van der Waals surface area contributed by atoms with Crippen LogP contribution < -0.4 is 0 Å². The van der Waals surface area contributed by atoms with Crippen LogP contribution >= 0.6 is 0 Å². The smallest absolute Gasteiger partial charge is 0.179 e. The predicted octanol–water partition coefficient (Wildman–Crippen LogP) is 2.47. The summed E-state index contributed by atoms with van der Waals surface area (Å²) in [5.74, 6) is 0.0346. The Morgan fingerprint density at radius 1 is 1.44 bits per heavy atom. The van der Waals surface area contributed by atoms with E-state index >= 15 is 0 Å². The largest absolute Gasteiger partial charge is 0.290 e. The molecule has 0 heterocycles. The van der Waals surface area contributed by atoms with Gasteiger partial charge in [-0.15, -0.1) is 0 Å².